The highest BCUT2D eigenvalue weighted by Crippen LogP contribution is 2.13. The highest BCUT2D eigenvalue weighted by molar-refractivity contribution is 7.89. The first kappa shape index (κ1) is 19.9. The van der Waals surface area contributed by atoms with Crippen LogP contribution in [-0.2, 0) is 16.6 Å². The summed E-state index contributed by atoms with van der Waals surface area (Å²) in [6.45, 7) is 3.91. The summed E-state index contributed by atoms with van der Waals surface area (Å²) in [5.74, 6) is -0.248. The molecule has 0 atom stereocenters. The molecule has 0 unspecified atom stereocenters. The average Bonchev–Trinajstić information content (AvgIpc) is 2.59. The minimum absolute atomic E-state index is 0.141. The Bertz CT molecular complexity index is 843. The van der Waals surface area contributed by atoms with Crippen LogP contribution < -0.4 is 14.9 Å². The van der Waals surface area contributed by atoms with Crippen LogP contribution in [0.25, 0.3) is 0 Å². The molecule has 0 spiro atoms. The molecule has 0 aromatic heterocycles. The van der Waals surface area contributed by atoms with Gasteiger partial charge in [0.05, 0.1) is 4.90 Å². The van der Waals surface area contributed by atoms with Gasteiger partial charge in [0, 0.05) is 37.9 Å². The van der Waals surface area contributed by atoms with Crippen LogP contribution in [0.1, 0.15) is 29.8 Å². The van der Waals surface area contributed by atoms with E-state index in [0.717, 1.165) is 11.3 Å². The summed E-state index contributed by atoms with van der Waals surface area (Å²) in [5, 5.41) is 2.84. The first-order valence-electron chi connectivity index (χ1n) is 8.36. The van der Waals surface area contributed by atoms with Crippen LogP contribution in [0.15, 0.2) is 53.4 Å². The normalized spacial score (nSPS) is 11.4. The maximum atomic E-state index is 12.2. The quantitative estimate of drug-likeness (QED) is 0.779. The van der Waals surface area contributed by atoms with Gasteiger partial charge in [-0.3, -0.25) is 4.79 Å². The lowest BCUT2D eigenvalue weighted by molar-refractivity contribution is 0.0951. The summed E-state index contributed by atoms with van der Waals surface area (Å²) in [6, 6.07) is 13.6. The van der Waals surface area contributed by atoms with Crippen molar-refractivity contribution in [1.29, 1.82) is 0 Å². The van der Waals surface area contributed by atoms with E-state index in [1.165, 1.54) is 24.3 Å². The Morgan fingerprint density at radius 1 is 1.00 bits per heavy atom. The molecule has 6 nitrogen and oxygen atoms in total. The van der Waals surface area contributed by atoms with E-state index >= 15 is 0 Å². The second-order valence-electron chi connectivity index (χ2n) is 6.54. The Morgan fingerprint density at radius 3 is 2.08 bits per heavy atom. The molecule has 1 amide bonds. The van der Waals surface area contributed by atoms with Gasteiger partial charge in [0.1, 0.15) is 0 Å². The van der Waals surface area contributed by atoms with Crippen LogP contribution in [0, 0.1) is 0 Å². The van der Waals surface area contributed by atoms with E-state index in [9.17, 15) is 13.2 Å². The first-order valence-corrected chi connectivity index (χ1v) is 9.84. The topological polar surface area (TPSA) is 78.5 Å². The van der Waals surface area contributed by atoms with E-state index in [1.807, 2.05) is 43.3 Å². The van der Waals surface area contributed by atoms with Gasteiger partial charge in [-0.05, 0) is 55.8 Å². The van der Waals surface area contributed by atoms with E-state index in [-0.39, 0.29) is 16.8 Å². The third kappa shape index (κ3) is 5.31. The number of amides is 1. The highest BCUT2D eigenvalue weighted by atomic mass is 32.2. The Balaban J connectivity index is 1.99. The van der Waals surface area contributed by atoms with Crippen molar-refractivity contribution in [2.75, 3.05) is 19.0 Å². The smallest absolute Gasteiger partial charge is 0.251 e. The fourth-order valence-electron chi connectivity index (χ4n) is 2.36. The number of carbonyl (C=O) groups excluding carboxylic acids is 1. The second-order valence-corrected chi connectivity index (χ2v) is 8.26. The Kier molecular flexibility index (Phi) is 6.39. The summed E-state index contributed by atoms with van der Waals surface area (Å²) < 4.78 is 26.7. The van der Waals surface area contributed by atoms with Gasteiger partial charge >= 0.3 is 0 Å². The number of nitrogens with zero attached hydrogens (tertiary/aromatic N) is 1. The maximum absolute atomic E-state index is 12.2. The molecule has 0 bridgehead atoms. The van der Waals surface area contributed by atoms with Gasteiger partial charge in [0.15, 0.2) is 0 Å². The van der Waals surface area contributed by atoms with E-state index in [2.05, 4.69) is 10.0 Å². The third-order valence-electron chi connectivity index (χ3n) is 3.72. The zero-order valence-electron chi connectivity index (χ0n) is 15.5. The van der Waals surface area contributed by atoms with Gasteiger partial charge in [-0.15, -0.1) is 0 Å². The molecule has 2 rings (SSSR count). The highest BCUT2D eigenvalue weighted by Gasteiger charge is 2.16. The van der Waals surface area contributed by atoms with Crippen LogP contribution in [0.5, 0.6) is 0 Å². The summed E-state index contributed by atoms with van der Waals surface area (Å²) in [5.41, 5.74) is 2.49. The van der Waals surface area contributed by atoms with Gasteiger partial charge < -0.3 is 10.2 Å². The fourth-order valence-corrected chi connectivity index (χ4v) is 3.61. The molecule has 2 aromatic rings. The molecule has 0 saturated heterocycles. The molecule has 0 radical (unpaired) electrons. The lowest BCUT2D eigenvalue weighted by Gasteiger charge is -2.13. The van der Waals surface area contributed by atoms with E-state index in [1.54, 1.807) is 13.8 Å². The molecule has 0 fully saturated rings. The van der Waals surface area contributed by atoms with Gasteiger partial charge in [-0.1, -0.05) is 12.1 Å². The SMILES string of the molecule is CC(C)NS(=O)(=O)c1ccc(C(=O)NCc2ccc(N(C)C)cc2)cc1. The molecule has 7 heteroatoms. The first-order chi connectivity index (χ1) is 12.2. The molecule has 0 aliphatic heterocycles. The van der Waals surface area contributed by atoms with Crippen LogP contribution in [0.4, 0.5) is 5.69 Å². The molecular formula is C19H25N3O3S. The molecule has 2 N–H and O–H groups in total. The number of hydrogen-bond donors (Lipinski definition) is 2. The predicted octanol–water partition coefficient (Wildman–Crippen LogP) is 2.37. The van der Waals surface area contributed by atoms with Crippen molar-refractivity contribution < 1.29 is 13.2 Å². The predicted molar refractivity (Wildman–Crippen MR) is 104 cm³/mol. The van der Waals surface area contributed by atoms with Crippen LogP contribution in [0.3, 0.4) is 0 Å². The number of nitrogens with one attached hydrogen (secondary N) is 2. The third-order valence-corrected chi connectivity index (χ3v) is 5.40. The Morgan fingerprint density at radius 2 is 1.58 bits per heavy atom. The van der Waals surface area contributed by atoms with E-state index in [4.69, 9.17) is 0 Å². The average molecular weight is 375 g/mol. The standard InChI is InChI=1S/C19H25N3O3S/c1-14(2)21-26(24,25)18-11-7-16(8-12-18)19(23)20-13-15-5-9-17(10-6-15)22(3)4/h5-12,14,21H,13H2,1-4H3,(H,20,23). The molecule has 0 aliphatic carbocycles. The maximum Gasteiger partial charge on any atom is 0.251 e. The van der Waals surface area contributed by atoms with Crippen LogP contribution in [0.2, 0.25) is 0 Å². The van der Waals surface area contributed by atoms with E-state index < -0.39 is 10.0 Å². The number of sulfonamides is 1. The van der Waals surface area contributed by atoms with Crippen molar-refractivity contribution in [2.24, 2.45) is 0 Å². The minimum Gasteiger partial charge on any atom is -0.378 e. The minimum atomic E-state index is -3.55. The number of carbonyl (C=O) groups is 1. The molecule has 0 aliphatic rings. The van der Waals surface area contributed by atoms with Crippen molar-refractivity contribution in [3.8, 4) is 0 Å². The van der Waals surface area contributed by atoms with Gasteiger partial charge in [-0.2, -0.15) is 0 Å². The summed E-state index contributed by atoms with van der Waals surface area (Å²) in [4.78, 5) is 14.4. The Labute approximate surface area is 155 Å². The molecule has 140 valence electrons. The number of benzene rings is 2. The van der Waals surface area contributed by atoms with E-state index in [0.29, 0.717) is 12.1 Å². The van der Waals surface area contributed by atoms with Crippen LogP contribution >= 0.6 is 0 Å². The van der Waals surface area contributed by atoms with Crippen molar-refractivity contribution in [1.82, 2.24) is 10.0 Å². The summed E-state index contributed by atoms with van der Waals surface area (Å²) >= 11 is 0. The molecular weight excluding hydrogens is 350 g/mol. The molecule has 26 heavy (non-hydrogen) atoms. The van der Waals surface area contributed by atoms with Crippen molar-refractivity contribution in [3.63, 3.8) is 0 Å². The number of hydrogen-bond acceptors (Lipinski definition) is 4. The molecule has 0 heterocycles. The van der Waals surface area contributed by atoms with Gasteiger partial charge in [-0.25, -0.2) is 13.1 Å². The zero-order valence-corrected chi connectivity index (χ0v) is 16.3. The lowest BCUT2D eigenvalue weighted by atomic mass is 10.2. The van der Waals surface area contributed by atoms with Crippen LogP contribution in [-0.4, -0.2) is 34.5 Å². The van der Waals surface area contributed by atoms with Crippen molar-refractivity contribution >= 4 is 21.6 Å². The van der Waals surface area contributed by atoms with Gasteiger partial charge in [0.25, 0.3) is 5.91 Å². The Hall–Kier alpha value is -2.38. The molecule has 0 saturated carbocycles. The lowest BCUT2D eigenvalue weighted by Crippen LogP contribution is -2.30. The summed E-state index contributed by atoms with van der Waals surface area (Å²) in [6.07, 6.45) is 0. The number of anilines is 1. The van der Waals surface area contributed by atoms with Gasteiger partial charge in [0.2, 0.25) is 10.0 Å². The number of rotatable bonds is 7. The fraction of sp³-hybridized carbons (Fsp3) is 0.316. The zero-order chi connectivity index (χ0) is 19.3. The largest absolute Gasteiger partial charge is 0.378 e. The summed E-state index contributed by atoms with van der Waals surface area (Å²) in [7, 11) is 0.385. The van der Waals surface area contributed by atoms with Crippen molar-refractivity contribution in [3.05, 3.63) is 59.7 Å². The molecule has 2 aromatic carbocycles. The van der Waals surface area contributed by atoms with Crippen molar-refractivity contribution in [2.45, 2.75) is 31.3 Å². The second kappa shape index (κ2) is 8.33. The monoisotopic (exact) mass is 375 g/mol.